The molecule has 0 bridgehead atoms. The summed E-state index contributed by atoms with van der Waals surface area (Å²) in [5.41, 5.74) is 0.176. The van der Waals surface area contributed by atoms with Gasteiger partial charge < -0.3 is 29.4 Å². The molecule has 1 aromatic carbocycles. The molecule has 300 valence electrons. The van der Waals surface area contributed by atoms with Gasteiger partial charge in [0.25, 0.3) is 15.9 Å². The molecule has 4 aromatic rings. The number of thiophene rings is 1. The fourth-order valence-electron chi connectivity index (χ4n) is 7.98. The van der Waals surface area contributed by atoms with Crippen LogP contribution in [0.25, 0.3) is 21.6 Å². The number of para-hydroxylation sites is 2. The minimum atomic E-state index is -4.39. The van der Waals surface area contributed by atoms with Gasteiger partial charge in [0.15, 0.2) is 0 Å². The molecule has 8 rings (SSSR count). The third-order valence-corrected chi connectivity index (χ3v) is 13.2. The molecule has 1 saturated heterocycles. The van der Waals surface area contributed by atoms with E-state index >= 15 is 0 Å². The zero-order valence-electron chi connectivity index (χ0n) is 31.1. The van der Waals surface area contributed by atoms with Gasteiger partial charge >= 0.3 is 6.09 Å². The van der Waals surface area contributed by atoms with Crippen molar-refractivity contribution >= 4 is 56.2 Å². The van der Waals surface area contributed by atoms with Crippen LogP contribution in [-0.4, -0.2) is 83.5 Å². The Hall–Kier alpha value is -5.29. The molecule has 57 heavy (non-hydrogen) atoms. The van der Waals surface area contributed by atoms with Gasteiger partial charge in [0, 0.05) is 12.3 Å². The zero-order valence-corrected chi connectivity index (χ0v) is 32.8. The summed E-state index contributed by atoms with van der Waals surface area (Å²) < 4.78 is 45.5. The van der Waals surface area contributed by atoms with Crippen LogP contribution < -0.4 is 20.1 Å². The molecule has 0 spiro atoms. The second kappa shape index (κ2) is 16.3. The molecular formula is C40H44N6O9S2. The first kappa shape index (κ1) is 38.6. The molecule has 17 heteroatoms. The fraction of sp³-hybridized carbons (Fsp3) is 0.450. The monoisotopic (exact) mass is 816 g/mol. The van der Waals surface area contributed by atoms with Crippen molar-refractivity contribution in [3.63, 3.8) is 0 Å². The smallest absolute Gasteiger partial charge is 0.408 e. The standard InChI is InChI=1S/C40H44N6O9S2/c47-35-31-22-27(54-36-34(32-18-11-21-56-32)41-28-15-8-9-16-29(28)42-36)24-46(31)37(48)30(43-39(50)55-26-13-6-7-14-26)17-5-3-1-2-4-12-25-23-40(25,44-35)38(49)45-57(51,52)33-19-10-20-53-33/h4,8-12,15-16,18-21,25-27,30-31H,1-3,5-7,13-14,17,22-24H2,(H,43,50)(H,44,47)(H,45,49)/b12-4-/t25?,27-,30+,31+,40-/m1/s1. The number of furan rings is 1. The Morgan fingerprint density at radius 1 is 0.947 bits per heavy atom. The number of hydrogen-bond donors (Lipinski definition) is 3. The van der Waals surface area contributed by atoms with Gasteiger partial charge in [-0.05, 0) is 87.1 Å². The number of amides is 4. The molecule has 2 aliphatic carbocycles. The first-order valence-electron chi connectivity index (χ1n) is 19.4. The number of aromatic nitrogens is 2. The quantitative estimate of drug-likeness (QED) is 0.197. The number of sulfonamides is 1. The van der Waals surface area contributed by atoms with Crippen LogP contribution in [0.15, 0.2) is 81.8 Å². The van der Waals surface area contributed by atoms with E-state index in [9.17, 15) is 27.6 Å². The lowest BCUT2D eigenvalue weighted by Gasteiger charge is -2.30. The van der Waals surface area contributed by atoms with Crippen LogP contribution in [0.4, 0.5) is 4.79 Å². The molecule has 5 heterocycles. The fourth-order valence-corrected chi connectivity index (χ4v) is 9.65. The van der Waals surface area contributed by atoms with Gasteiger partial charge in [0.05, 0.1) is 28.7 Å². The number of nitrogens with zero attached hydrogens (tertiary/aromatic N) is 3. The number of allylic oxidation sites excluding steroid dienone is 1. The van der Waals surface area contributed by atoms with Gasteiger partial charge in [0.1, 0.15) is 35.5 Å². The molecule has 0 radical (unpaired) electrons. The molecule has 3 aromatic heterocycles. The molecular weight excluding hydrogens is 773 g/mol. The average Bonchev–Trinajstić information content (AvgIpc) is 3.89. The number of rotatable bonds is 8. The van der Waals surface area contributed by atoms with E-state index in [0.717, 1.165) is 43.4 Å². The van der Waals surface area contributed by atoms with E-state index in [1.54, 1.807) is 0 Å². The van der Waals surface area contributed by atoms with Crippen molar-refractivity contribution in [3.05, 3.63) is 72.3 Å². The van der Waals surface area contributed by atoms with Gasteiger partial charge in [0.2, 0.25) is 22.8 Å². The Morgan fingerprint density at radius 3 is 2.49 bits per heavy atom. The van der Waals surface area contributed by atoms with Gasteiger partial charge in [-0.1, -0.05) is 43.2 Å². The molecule has 2 saturated carbocycles. The lowest BCUT2D eigenvalue weighted by molar-refractivity contribution is -0.141. The SMILES string of the molecule is O=C(N[C@H]1CCCCC/C=C\C2C[C@@]2(C(=O)NS(=O)(=O)c2ccco2)NC(=O)[C@@H]2C[C@@H](Oc3nc4ccccc4nc3-c3cccs3)CN2C1=O)OC1CCCC1. The van der Waals surface area contributed by atoms with Gasteiger partial charge in [-0.2, -0.15) is 8.42 Å². The highest BCUT2D eigenvalue weighted by Crippen LogP contribution is 2.46. The summed E-state index contributed by atoms with van der Waals surface area (Å²) in [6.07, 6.45) is 10.0. The molecule has 2 aliphatic heterocycles. The number of fused-ring (bicyclic) bond motifs is 3. The third-order valence-electron chi connectivity index (χ3n) is 11.1. The van der Waals surface area contributed by atoms with Crippen molar-refractivity contribution in [3.8, 4) is 16.5 Å². The maximum atomic E-state index is 14.6. The van der Waals surface area contributed by atoms with Crippen molar-refractivity contribution in [2.75, 3.05) is 6.54 Å². The zero-order chi connectivity index (χ0) is 39.6. The Bertz CT molecular complexity index is 2260. The maximum Gasteiger partial charge on any atom is 0.408 e. The van der Waals surface area contributed by atoms with E-state index in [0.29, 0.717) is 36.0 Å². The number of carbonyl (C=O) groups excluding carboxylic acids is 4. The van der Waals surface area contributed by atoms with Crippen LogP contribution >= 0.6 is 11.3 Å². The topological polar surface area (TPSA) is 199 Å². The lowest BCUT2D eigenvalue weighted by Crippen LogP contribution is -2.58. The molecule has 15 nitrogen and oxygen atoms in total. The Balaban J connectivity index is 1.11. The van der Waals surface area contributed by atoms with Crippen LogP contribution in [0, 0.1) is 5.92 Å². The van der Waals surface area contributed by atoms with Crippen LogP contribution in [0.2, 0.25) is 0 Å². The van der Waals surface area contributed by atoms with Crippen molar-refractivity contribution in [2.45, 2.75) is 106 Å². The molecule has 5 atom stereocenters. The van der Waals surface area contributed by atoms with Crippen LogP contribution in [0.5, 0.6) is 5.88 Å². The summed E-state index contributed by atoms with van der Waals surface area (Å²) in [5, 5.41) is 7.14. The van der Waals surface area contributed by atoms with Crippen molar-refractivity contribution in [1.82, 2.24) is 30.2 Å². The van der Waals surface area contributed by atoms with Crippen molar-refractivity contribution in [2.24, 2.45) is 5.92 Å². The summed E-state index contributed by atoms with van der Waals surface area (Å²) in [6, 6.07) is 11.6. The van der Waals surface area contributed by atoms with E-state index < -0.39 is 68.6 Å². The van der Waals surface area contributed by atoms with Crippen LogP contribution in [0.1, 0.15) is 70.6 Å². The van der Waals surface area contributed by atoms with Gasteiger partial charge in [-0.25, -0.2) is 19.5 Å². The number of benzene rings is 1. The highest BCUT2D eigenvalue weighted by molar-refractivity contribution is 7.89. The Labute approximate surface area is 333 Å². The number of nitrogens with one attached hydrogen (secondary N) is 3. The van der Waals surface area contributed by atoms with E-state index in [1.807, 2.05) is 53.9 Å². The summed E-state index contributed by atoms with van der Waals surface area (Å²) in [5.74, 6) is -2.35. The van der Waals surface area contributed by atoms with Gasteiger partial charge in [-0.3, -0.25) is 14.4 Å². The molecule has 3 N–H and O–H groups in total. The van der Waals surface area contributed by atoms with E-state index in [1.165, 1.54) is 34.6 Å². The summed E-state index contributed by atoms with van der Waals surface area (Å²) in [6.45, 7) is -0.0411. The van der Waals surface area contributed by atoms with E-state index in [-0.39, 0.29) is 31.4 Å². The van der Waals surface area contributed by atoms with Crippen molar-refractivity contribution < 1.29 is 41.5 Å². The number of ether oxygens (including phenoxy) is 2. The molecule has 3 fully saturated rings. The lowest BCUT2D eigenvalue weighted by atomic mass is 10.0. The first-order valence-corrected chi connectivity index (χ1v) is 21.8. The Kier molecular flexibility index (Phi) is 11.0. The first-order chi connectivity index (χ1) is 27.6. The van der Waals surface area contributed by atoms with E-state index in [4.69, 9.17) is 23.9 Å². The molecule has 1 unspecified atom stereocenters. The predicted octanol–water partition coefficient (Wildman–Crippen LogP) is 5.24. The predicted molar refractivity (Wildman–Crippen MR) is 208 cm³/mol. The summed E-state index contributed by atoms with van der Waals surface area (Å²) in [7, 11) is -4.39. The van der Waals surface area contributed by atoms with Crippen molar-refractivity contribution in [1.29, 1.82) is 0 Å². The largest absolute Gasteiger partial charge is 0.471 e. The normalized spacial score (nSPS) is 26.4. The summed E-state index contributed by atoms with van der Waals surface area (Å²) in [4.78, 5) is 68.1. The maximum absolute atomic E-state index is 14.6. The highest BCUT2D eigenvalue weighted by atomic mass is 32.2. The average molecular weight is 817 g/mol. The number of alkyl carbamates (subject to hydrolysis) is 1. The number of hydrogen-bond acceptors (Lipinski definition) is 12. The number of carbonyl (C=O) groups is 4. The minimum absolute atomic E-state index is 0.0120. The third kappa shape index (κ3) is 8.40. The van der Waals surface area contributed by atoms with Gasteiger partial charge in [-0.15, -0.1) is 11.3 Å². The second-order valence-corrected chi connectivity index (χ2v) is 17.6. The van der Waals surface area contributed by atoms with Crippen LogP contribution in [0.3, 0.4) is 0 Å². The van der Waals surface area contributed by atoms with Crippen LogP contribution in [-0.2, 0) is 29.1 Å². The Morgan fingerprint density at radius 2 is 1.74 bits per heavy atom. The van der Waals surface area contributed by atoms with E-state index in [2.05, 4.69) is 15.4 Å². The summed E-state index contributed by atoms with van der Waals surface area (Å²) >= 11 is 1.47. The molecule has 4 amide bonds. The molecule has 4 aliphatic rings. The highest BCUT2D eigenvalue weighted by Gasteiger charge is 2.62. The minimum Gasteiger partial charge on any atom is -0.471 e. The second-order valence-electron chi connectivity index (χ2n) is 15.0.